The first kappa shape index (κ1) is 30.4. The fourth-order valence-electron chi connectivity index (χ4n) is 6.10. The van der Waals surface area contributed by atoms with Crippen LogP contribution in [0.3, 0.4) is 0 Å². The zero-order valence-electron chi connectivity index (χ0n) is 24.4. The number of rotatable bonds is 6. The van der Waals surface area contributed by atoms with Crippen molar-refractivity contribution >= 4 is 79.0 Å². The van der Waals surface area contributed by atoms with E-state index < -0.39 is 34.4 Å². The lowest BCUT2D eigenvalue weighted by Gasteiger charge is -2.53. The average molecular weight is 574 g/mol. The minimum atomic E-state index is -2.97. The zero-order valence-corrected chi connectivity index (χ0v) is 24.4. The van der Waals surface area contributed by atoms with Crippen molar-refractivity contribution in [2.45, 2.75) is 36.4 Å². The molecule has 0 aromatic heterocycles. The van der Waals surface area contributed by atoms with Crippen LogP contribution in [0.1, 0.15) is 27.0 Å². The molecule has 2 saturated heterocycles. The van der Waals surface area contributed by atoms with E-state index in [1.165, 1.54) is 6.07 Å². The number of nitrogens with one attached hydrogen (secondary N) is 2. The molecule has 0 aliphatic carbocycles. The first-order valence-corrected chi connectivity index (χ1v) is 13.9. The van der Waals surface area contributed by atoms with Crippen molar-refractivity contribution in [3.63, 3.8) is 0 Å². The summed E-state index contributed by atoms with van der Waals surface area (Å²) in [5.41, 5.74) is -3.44. The van der Waals surface area contributed by atoms with Crippen LogP contribution in [0.2, 0.25) is 0 Å². The van der Waals surface area contributed by atoms with Crippen molar-refractivity contribution in [1.82, 2.24) is 15.1 Å². The number of aliphatic hydroxyl groups is 3. The van der Waals surface area contributed by atoms with E-state index in [1.54, 1.807) is 20.0 Å². The third-order valence-electron chi connectivity index (χ3n) is 9.43. The maximum atomic E-state index is 15.6. The Morgan fingerprint density at radius 1 is 0.976 bits per heavy atom. The van der Waals surface area contributed by atoms with E-state index in [9.17, 15) is 29.7 Å². The number of nitrogens with zero attached hydrogens (tertiary/aromatic N) is 2. The van der Waals surface area contributed by atoms with Crippen LogP contribution in [0.15, 0.2) is 18.2 Å². The lowest BCUT2D eigenvalue weighted by molar-refractivity contribution is -0.232. The van der Waals surface area contributed by atoms with Gasteiger partial charge >= 0.3 is 0 Å². The predicted octanol–water partition coefficient (Wildman–Crippen LogP) is -8.01. The summed E-state index contributed by atoms with van der Waals surface area (Å²) in [6.07, 6.45) is 0. The van der Waals surface area contributed by atoms with Gasteiger partial charge in [0.2, 0.25) is 5.72 Å². The number of imide groups is 1. The molecule has 0 radical (unpaired) electrons. The Bertz CT molecular complexity index is 1500. The number of piperidine rings is 1. The van der Waals surface area contributed by atoms with Gasteiger partial charge in [0.25, 0.3) is 17.7 Å². The number of hydrogen-bond acceptors (Lipinski definition) is 9. The van der Waals surface area contributed by atoms with Crippen molar-refractivity contribution in [2.24, 2.45) is 0 Å². The van der Waals surface area contributed by atoms with Crippen molar-refractivity contribution in [1.29, 1.82) is 0 Å². The second-order valence-corrected chi connectivity index (χ2v) is 11.7. The number of halogens is 1. The summed E-state index contributed by atoms with van der Waals surface area (Å²) >= 11 is 0. The highest BCUT2D eigenvalue weighted by molar-refractivity contribution is 6.51. The smallest absolute Gasteiger partial charge is 0.282 e. The van der Waals surface area contributed by atoms with Gasteiger partial charge in [-0.15, -0.1) is 0 Å². The average Bonchev–Trinajstić information content (AvgIpc) is 3.30. The minimum Gasteiger partial charge on any atom is -0.391 e. The lowest BCUT2D eigenvalue weighted by atomic mass is 9.51. The summed E-state index contributed by atoms with van der Waals surface area (Å²) < 4.78 is 21.1. The topological polar surface area (TPSA) is 152 Å². The molecule has 3 heterocycles. The Hall–Kier alpha value is -3.10. The van der Waals surface area contributed by atoms with Crippen LogP contribution in [-0.2, 0) is 34.0 Å². The SMILES string of the molecule is Bc1c(B)c(CN2CCOCC2)c(B)c(CNc2cccc3c2CN(C2(O)C(=O)NC(=O)C(B)(O)C2(B)O)C3=O)c1F. The van der Waals surface area contributed by atoms with Crippen molar-refractivity contribution in [2.75, 3.05) is 31.6 Å². The number of anilines is 1. The van der Waals surface area contributed by atoms with Gasteiger partial charge < -0.3 is 25.4 Å². The maximum absolute atomic E-state index is 15.6. The molecule has 3 unspecified atom stereocenters. The number of hydrogen-bond donors (Lipinski definition) is 5. The van der Waals surface area contributed by atoms with Gasteiger partial charge in [-0.05, 0) is 17.7 Å². The van der Waals surface area contributed by atoms with Crippen molar-refractivity contribution < 1.29 is 38.8 Å². The molecule has 0 saturated carbocycles. The van der Waals surface area contributed by atoms with Crippen LogP contribution in [0.4, 0.5) is 10.1 Å². The molecule has 3 aliphatic rings. The predicted molar refractivity (Wildman–Crippen MR) is 166 cm³/mol. The molecule has 2 aromatic carbocycles. The molecule has 11 nitrogen and oxygen atoms in total. The molecule has 5 N–H and O–H groups in total. The van der Waals surface area contributed by atoms with Gasteiger partial charge in [-0.2, -0.15) is 0 Å². The van der Waals surface area contributed by atoms with Crippen molar-refractivity contribution in [3.8, 4) is 0 Å². The highest BCUT2D eigenvalue weighted by Gasteiger charge is 2.71. The van der Waals surface area contributed by atoms with Gasteiger partial charge in [0, 0.05) is 48.6 Å². The third-order valence-corrected chi connectivity index (χ3v) is 9.43. The van der Waals surface area contributed by atoms with E-state index in [2.05, 4.69) is 10.2 Å². The Morgan fingerprint density at radius 2 is 1.64 bits per heavy atom. The summed E-state index contributed by atoms with van der Waals surface area (Å²) in [4.78, 5) is 41.7. The molecule has 3 amide bonds. The number of amides is 3. The van der Waals surface area contributed by atoms with E-state index in [0.29, 0.717) is 42.0 Å². The van der Waals surface area contributed by atoms with Crippen molar-refractivity contribution in [3.05, 3.63) is 46.3 Å². The molecule has 0 spiro atoms. The quantitative estimate of drug-likeness (QED) is 0.168. The molecule has 5 rings (SSSR count). The maximum Gasteiger partial charge on any atom is 0.282 e. The van der Waals surface area contributed by atoms with Crippen LogP contribution >= 0.6 is 0 Å². The molecule has 42 heavy (non-hydrogen) atoms. The molecule has 2 aromatic rings. The second kappa shape index (κ2) is 10.6. The fraction of sp³-hybridized carbons (Fsp3) is 0.400. The standard InChI is InChI=1S/C25H32B5FN4O7/c26-16-12(19(31)18(28)17(27)14(16)9-34-4-6-42-7-5-34)8-32-15-3-1-2-11-13(15)10-35(20(11)36)24(40)22(38)33-21(37)23(29,39)25(24,30)41/h1-3,32,39-41H,4-10,26-30H2,(H,33,37,38). The fourth-order valence-corrected chi connectivity index (χ4v) is 6.10. The first-order valence-electron chi connectivity index (χ1n) is 13.9. The molecule has 2 fully saturated rings. The van der Waals surface area contributed by atoms with E-state index in [-0.39, 0.29) is 24.5 Å². The van der Waals surface area contributed by atoms with E-state index in [0.717, 1.165) is 50.2 Å². The molecule has 17 heteroatoms. The van der Waals surface area contributed by atoms with Gasteiger partial charge in [0.05, 0.1) is 19.8 Å². The monoisotopic (exact) mass is 574 g/mol. The Balaban J connectivity index is 1.45. The van der Waals surface area contributed by atoms with E-state index in [1.807, 2.05) is 21.0 Å². The first-order chi connectivity index (χ1) is 19.6. The number of benzene rings is 2. The minimum absolute atomic E-state index is 0.102. The summed E-state index contributed by atoms with van der Waals surface area (Å²) in [7, 11) is 7.46. The van der Waals surface area contributed by atoms with Crippen LogP contribution in [-0.4, -0.2) is 125 Å². The largest absolute Gasteiger partial charge is 0.391 e. The van der Waals surface area contributed by atoms with Crippen LogP contribution in [0.5, 0.6) is 0 Å². The molecule has 0 bridgehead atoms. The van der Waals surface area contributed by atoms with Gasteiger partial charge in [0.1, 0.15) is 40.4 Å². The summed E-state index contributed by atoms with van der Waals surface area (Å²) in [5, 5.41) is 38.4. The highest BCUT2D eigenvalue weighted by atomic mass is 19.1. The Kier molecular flexibility index (Phi) is 7.64. The second-order valence-electron chi connectivity index (χ2n) is 11.7. The number of carbonyl (C=O) groups excluding carboxylic acids is 3. The summed E-state index contributed by atoms with van der Waals surface area (Å²) in [6.45, 7) is 3.35. The van der Waals surface area contributed by atoms with Gasteiger partial charge in [-0.1, -0.05) is 22.5 Å². The molecule has 3 atom stereocenters. The van der Waals surface area contributed by atoms with E-state index in [4.69, 9.17) is 4.74 Å². The highest BCUT2D eigenvalue weighted by Crippen LogP contribution is 2.41. The van der Waals surface area contributed by atoms with E-state index >= 15 is 4.39 Å². The summed E-state index contributed by atoms with van der Waals surface area (Å²) in [5.74, 6) is -3.63. The lowest BCUT2D eigenvalue weighted by Crippen LogP contribution is -2.86. The van der Waals surface area contributed by atoms with Gasteiger partial charge in [0.15, 0.2) is 15.7 Å². The third kappa shape index (κ3) is 4.41. The molecular weight excluding hydrogens is 541 g/mol. The number of fused-ring (bicyclic) bond motifs is 1. The molecule has 216 valence electrons. The number of ether oxygens (including phenoxy) is 1. The van der Waals surface area contributed by atoms with Crippen LogP contribution < -0.4 is 27.0 Å². The molecular formula is C25H32B5FN4O7. The normalized spacial score (nSPS) is 28.1. The number of carbonyl (C=O) groups is 3. The van der Waals surface area contributed by atoms with Gasteiger partial charge in [-0.3, -0.25) is 29.5 Å². The Labute approximate surface area is 247 Å². The number of morpholine rings is 1. The van der Waals surface area contributed by atoms with Crippen LogP contribution in [0, 0.1) is 5.82 Å². The molecule has 3 aliphatic heterocycles. The van der Waals surface area contributed by atoms with Gasteiger partial charge in [-0.25, -0.2) is 4.39 Å². The summed E-state index contributed by atoms with van der Waals surface area (Å²) in [6, 6.07) is 4.81. The zero-order chi connectivity index (χ0) is 30.8. The Morgan fingerprint density at radius 3 is 2.31 bits per heavy atom. The van der Waals surface area contributed by atoms with Crippen LogP contribution in [0.25, 0.3) is 0 Å².